The number of hydrogen-bond donors (Lipinski definition) is 0. The molecule has 3 aromatic rings. The van der Waals surface area contributed by atoms with E-state index in [1.807, 2.05) is 42.5 Å². The number of rotatable bonds is 7. The van der Waals surface area contributed by atoms with Crippen molar-refractivity contribution in [2.45, 2.75) is 13.1 Å². The van der Waals surface area contributed by atoms with Gasteiger partial charge >= 0.3 is 0 Å². The molecule has 0 aliphatic heterocycles. The highest BCUT2D eigenvalue weighted by Crippen LogP contribution is 2.25. The minimum atomic E-state index is -0.202. The molecule has 2 aromatic carbocycles. The molecule has 7 nitrogen and oxygen atoms in total. The molecule has 1 heterocycles. The van der Waals surface area contributed by atoms with Crippen LogP contribution < -0.4 is 9.47 Å². The first kappa shape index (κ1) is 18.4. The lowest BCUT2D eigenvalue weighted by molar-refractivity contribution is 0.0778. The maximum atomic E-state index is 12.7. The Morgan fingerprint density at radius 1 is 1.11 bits per heavy atom. The van der Waals surface area contributed by atoms with Crippen LogP contribution in [-0.2, 0) is 13.1 Å². The van der Waals surface area contributed by atoms with Crippen LogP contribution in [0.1, 0.15) is 21.6 Å². The van der Waals surface area contributed by atoms with E-state index in [0.29, 0.717) is 30.3 Å². The lowest BCUT2D eigenvalue weighted by Gasteiger charge is -2.18. The van der Waals surface area contributed by atoms with E-state index in [1.165, 1.54) is 0 Å². The molecular weight excluding hydrogens is 344 g/mol. The third-order valence-electron chi connectivity index (χ3n) is 4.19. The van der Waals surface area contributed by atoms with E-state index in [0.717, 1.165) is 11.1 Å². The molecule has 0 N–H and O–H groups in total. The molecule has 140 valence electrons. The Morgan fingerprint density at radius 2 is 1.89 bits per heavy atom. The number of hydrogen-bond acceptors (Lipinski definition) is 5. The summed E-state index contributed by atoms with van der Waals surface area (Å²) in [5, 5.41) is 8.07. The standard InChI is InChI=1S/C20H22N4O3/c1-23(13-16-9-10-17(26-2)11-19(16)27-3)20(25)18-14-24(22-21-18)12-15-7-5-4-6-8-15/h4-11,14H,12-13H2,1-3H3. The van der Waals surface area contributed by atoms with Crippen LogP contribution in [0.5, 0.6) is 11.5 Å². The van der Waals surface area contributed by atoms with Gasteiger partial charge in [0.05, 0.1) is 27.0 Å². The van der Waals surface area contributed by atoms with Gasteiger partial charge in [0.15, 0.2) is 5.69 Å². The Morgan fingerprint density at radius 3 is 2.59 bits per heavy atom. The Labute approximate surface area is 158 Å². The molecule has 0 aliphatic rings. The molecule has 0 aliphatic carbocycles. The summed E-state index contributed by atoms with van der Waals surface area (Å²) < 4.78 is 12.3. The Kier molecular flexibility index (Phi) is 5.71. The van der Waals surface area contributed by atoms with Crippen LogP contribution in [0.2, 0.25) is 0 Å². The van der Waals surface area contributed by atoms with E-state index in [4.69, 9.17) is 9.47 Å². The molecule has 1 aromatic heterocycles. The number of aromatic nitrogens is 3. The van der Waals surface area contributed by atoms with Gasteiger partial charge in [0.1, 0.15) is 11.5 Å². The molecule has 27 heavy (non-hydrogen) atoms. The van der Waals surface area contributed by atoms with Gasteiger partial charge in [-0.25, -0.2) is 4.68 Å². The smallest absolute Gasteiger partial charge is 0.276 e. The highest BCUT2D eigenvalue weighted by molar-refractivity contribution is 5.91. The second-order valence-corrected chi connectivity index (χ2v) is 6.13. The molecule has 3 rings (SSSR count). The summed E-state index contributed by atoms with van der Waals surface area (Å²) in [6.07, 6.45) is 1.66. The molecular formula is C20H22N4O3. The van der Waals surface area contributed by atoms with Gasteiger partial charge in [-0.1, -0.05) is 35.5 Å². The number of benzene rings is 2. The van der Waals surface area contributed by atoms with Crippen LogP contribution in [0.3, 0.4) is 0 Å². The topological polar surface area (TPSA) is 69.5 Å². The molecule has 0 spiro atoms. The lowest BCUT2D eigenvalue weighted by Crippen LogP contribution is -2.26. The molecule has 1 amide bonds. The number of amides is 1. The second-order valence-electron chi connectivity index (χ2n) is 6.13. The van der Waals surface area contributed by atoms with Crippen LogP contribution in [0.4, 0.5) is 0 Å². The van der Waals surface area contributed by atoms with Crippen molar-refractivity contribution < 1.29 is 14.3 Å². The third-order valence-corrected chi connectivity index (χ3v) is 4.19. The maximum Gasteiger partial charge on any atom is 0.276 e. The van der Waals surface area contributed by atoms with Gasteiger partial charge < -0.3 is 14.4 Å². The van der Waals surface area contributed by atoms with Crippen LogP contribution in [0.25, 0.3) is 0 Å². The van der Waals surface area contributed by atoms with Crippen molar-refractivity contribution in [3.63, 3.8) is 0 Å². The molecule has 0 radical (unpaired) electrons. The van der Waals surface area contributed by atoms with Crippen molar-refractivity contribution >= 4 is 5.91 Å². The summed E-state index contributed by atoms with van der Waals surface area (Å²) in [6.45, 7) is 0.953. The van der Waals surface area contributed by atoms with Gasteiger partial charge in [0, 0.05) is 25.2 Å². The molecule has 0 unspecified atom stereocenters. The molecule has 7 heteroatoms. The van der Waals surface area contributed by atoms with Crippen LogP contribution in [0, 0.1) is 0 Å². The summed E-state index contributed by atoms with van der Waals surface area (Å²) >= 11 is 0. The molecule has 0 saturated heterocycles. The predicted octanol–water partition coefficient (Wildman–Crippen LogP) is 2.62. The van der Waals surface area contributed by atoms with Crippen LogP contribution in [-0.4, -0.2) is 47.1 Å². The summed E-state index contributed by atoms with van der Waals surface area (Å²) in [4.78, 5) is 14.3. The van der Waals surface area contributed by atoms with E-state index in [-0.39, 0.29) is 5.91 Å². The monoisotopic (exact) mass is 366 g/mol. The second kappa shape index (κ2) is 8.35. The quantitative estimate of drug-likeness (QED) is 0.643. The van der Waals surface area contributed by atoms with E-state index in [9.17, 15) is 4.79 Å². The van der Waals surface area contributed by atoms with E-state index < -0.39 is 0 Å². The minimum Gasteiger partial charge on any atom is -0.497 e. The largest absolute Gasteiger partial charge is 0.497 e. The first-order valence-corrected chi connectivity index (χ1v) is 8.51. The third kappa shape index (κ3) is 4.44. The van der Waals surface area contributed by atoms with E-state index in [1.54, 1.807) is 43.1 Å². The van der Waals surface area contributed by atoms with Gasteiger partial charge in [-0.2, -0.15) is 0 Å². The van der Waals surface area contributed by atoms with Crippen LogP contribution >= 0.6 is 0 Å². The zero-order valence-electron chi connectivity index (χ0n) is 15.6. The van der Waals surface area contributed by atoms with Crippen molar-refractivity contribution in [2.24, 2.45) is 0 Å². The Balaban J connectivity index is 1.69. The number of methoxy groups -OCH3 is 2. The zero-order valence-corrected chi connectivity index (χ0v) is 15.6. The first-order chi connectivity index (χ1) is 13.1. The first-order valence-electron chi connectivity index (χ1n) is 8.51. The summed E-state index contributed by atoms with van der Waals surface area (Å²) in [7, 11) is 4.92. The summed E-state index contributed by atoms with van der Waals surface area (Å²) in [5.41, 5.74) is 2.28. The fraction of sp³-hybridized carbons (Fsp3) is 0.250. The molecule has 0 bridgehead atoms. The SMILES string of the molecule is COc1ccc(CN(C)C(=O)c2cn(Cc3ccccc3)nn2)c(OC)c1. The average Bonchev–Trinajstić information content (AvgIpc) is 3.16. The highest BCUT2D eigenvalue weighted by Gasteiger charge is 2.18. The lowest BCUT2D eigenvalue weighted by atomic mass is 10.1. The van der Waals surface area contributed by atoms with Gasteiger partial charge in [-0.15, -0.1) is 5.10 Å². The van der Waals surface area contributed by atoms with Gasteiger partial charge in [-0.3, -0.25) is 4.79 Å². The molecule has 0 atom stereocenters. The zero-order chi connectivity index (χ0) is 19.2. The van der Waals surface area contributed by atoms with E-state index in [2.05, 4.69) is 10.3 Å². The number of nitrogens with zero attached hydrogens (tertiary/aromatic N) is 4. The summed E-state index contributed by atoms with van der Waals surface area (Å²) in [5.74, 6) is 1.17. The maximum absolute atomic E-state index is 12.7. The van der Waals surface area contributed by atoms with Crippen molar-refractivity contribution in [2.75, 3.05) is 21.3 Å². The number of carbonyl (C=O) groups excluding carboxylic acids is 1. The van der Waals surface area contributed by atoms with Crippen molar-refractivity contribution in [1.82, 2.24) is 19.9 Å². The van der Waals surface area contributed by atoms with Crippen LogP contribution in [0.15, 0.2) is 54.7 Å². The van der Waals surface area contributed by atoms with Crippen molar-refractivity contribution in [3.05, 3.63) is 71.5 Å². The Bertz CT molecular complexity index is 909. The van der Waals surface area contributed by atoms with Gasteiger partial charge in [0.2, 0.25) is 0 Å². The minimum absolute atomic E-state index is 0.202. The van der Waals surface area contributed by atoms with Crippen molar-refractivity contribution in [3.8, 4) is 11.5 Å². The normalized spacial score (nSPS) is 10.5. The number of ether oxygens (including phenoxy) is 2. The Hall–Kier alpha value is -3.35. The fourth-order valence-electron chi connectivity index (χ4n) is 2.75. The fourth-order valence-corrected chi connectivity index (χ4v) is 2.75. The van der Waals surface area contributed by atoms with E-state index >= 15 is 0 Å². The van der Waals surface area contributed by atoms with Gasteiger partial charge in [-0.05, 0) is 17.7 Å². The summed E-state index contributed by atoms with van der Waals surface area (Å²) in [6, 6.07) is 15.4. The predicted molar refractivity (Wildman–Crippen MR) is 101 cm³/mol. The highest BCUT2D eigenvalue weighted by atomic mass is 16.5. The average molecular weight is 366 g/mol. The molecule has 0 fully saturated rings. The van der Waals surface area contributed by atoms with Gasteiger partial charge in [0.25, 0.3) is 5.91 Å². The van der Waals surface area contributed by atoms with Crippen molar-refractivity contribution in [1.29, 1.82) is 0 Å². The molecule has 0 saturated carbocycles. The number of carbonyl (C=O) groups is 1.